The highest BCUT2D eigenvalue weighted by atomic mass is 19.1. The fourth-order valence-corrected chi connectivity index (χ4v) is 1.99. The molecule has 124 valence electrons. The Morgan fingerprint density at radius 3 is 2.42 bits per heavy atom. The van der Waals surface area contributed by atoms with Crippen molar-refractivity contribution in [3.8, 4) is 0 Å². The first-order chi connectivity index (χ1) is 11.4. The lowest BCUT2D eigenvalue weighted by Crippen LogP contribution is -2.13. The molecule has 24 heavy (non-hydrogen) atoms. The zero-order valence-electron chi connectivity index (χ0n) is 12.4. The van der Waals surface area contributed by atoms with Gasteiger partial charge in [0.15, 0.2) is 0 Å². The first-order valence-corrected chi connectivity index (χ1v) is 6.84. The van der Waals surface area contributed by atoms with Crippen LogP contribution in [0.4, 0.5) is 10.1 Å². The van der Waals surface area contributed by atoms with E-state index >= 15 is 0 Å². The number of esters is 1. The van der Waals surface area contributed by atoms with E-state index in [-0.39, 0.29) is 29.8 Å². The number of hydrogen-bond acceptors (Lipinski definition) is 5. The number of carbonyl (C=O) groups is 2. The second-order valence-corrected chi connectivity index (χ2v) is 4.93. The summed E-state index contributed by atoms with van der Waals surface area (Å²) in [5.41, 5.74) is 5.40. The molecule has 0 spiro atoms. The lowest BCUT2D eigenvalue weighted by molar-refractivity contribution is -0.385. The van der Waals surface area contributed by atoms with E-state index < -0.39 is 22.6 Å². The largest absolute Gasteiger partial charge is 0.460 e. The Balaban J connectivity index is 2.05. The van der Waals surface area contributed by atoms with Gasteiger partial charge in [0.05, 0.1) is 16.9 Å². The highest BCUT2D eigenvalue weighted by Gasteiger charge is 2.18. The van der Waals surface area contributed by atoms with Crippen molar-refractivity contribution < 1.29 is 23.6 Å². The minimum atomic E-state index is -0.794. The van der Waals surface area contributed by atoms with Crippen molar-refractivity contribution in [3.05, 3.63) is 75.1 Å². The third-order valence-corrected chi connectivity index (χ3v) is 3.22. The molecule has 2 aromatic rings. The zero-order chi connectivity index (χ0) is 17.7. The maximum atomic E-state index is 12.8. The maximum absolute atomic E-state index is 12.8. The van der Waals surface area contributed by atoms with Crippen molar-refractivity contribution >= 4 is 17.6 Å². The molecule has 0 saturated carbocycles. The molecule has 2 rings (SSSR count). The van der Waals surface area contributed by atoms with Crippen molar-refractivity contribution in [2.45, 2.75) is 13.0 Å². The van der Waals surface area contributed by atoms with E-state index in [0.29, 0.717) is 5.56 Å². The van der Waals surface area contributed by atoms with Crippen molar-refractivity contribution in [1.82, 2.24) is 0 Å². The number of rotatable bonds is 6. The van der Waals surface area contributed by atoms with Crippen LogP contribution >= 0.6 is 0 Å². The Morgan fingerprint density at radius 1 is 1.17 bits per heavy atom. The van der Waals surface area contributed by atoms with E-state index in [2.05, 4.69) is 0 Å². The van der Waals surface area contributed by atoms with Crippen molar-refractivity contribution in [1.29, 1.82) is 0 Å². The molecule has 2 N–H and O–H groups in total. The molecule has 8 heteroatoms. The molecule has 0 radical (unpaired) electrons. The molecular weight excluding hydrogens is 319 g/mol. The molecule has 0 aromatic heterocycles. The van der Waals surface area contributed by atoms with Crippen LogP contribution in [-0.2, 0) is 22.6 Å². The third kappa shape index (κ3) is 4.35. The number of benzene rings is 2. The number of nitro groups is 1. The van der Waals surface area contributed by atoms with Gasteiger partial charge in [-0.25, -0.2) is 4.39 Å². The average molecular weight is 332 g/mol. The fourth-order valence-electron chi connectivity index (χ4n) is 1.99. The van der Waals surface area contributed by atoms with Crippen LogP contribution in [0.25, 0.3) is 0 Å². The van der Waals surface area contributed by atoms with E-state index in [4.69, 9.17) is 10.5 Å². The number of ether oxygens (including phenoxy) is 1. The normalized spacial score (nSPS) is 10.2. The van der Waals surface area contributed by atoms with Crippen molar-refractivity contribution in [2.75, 3.05) is 0 Å². The van der Waals surface area contributed by atoms with Crippen LogP contribution in [0.2, 0.25) is 0 Å². The van der Waals surface area contributed by atoms with Crippen LogP contribution < -0.4 is 5.73 Å². The van der Waals surface area contributed by atoms with Gasteiger partial charge in [-0.05, 0) is 29.8 Å². The summed E-state index contributed by atoms with van der Waals surface area (Å²) in [6.45, 7) is -0.324. The summed E-state index contributed by atoms with van der Waals surface area (Å²) in [7, 11) is 0. The van der Waals surface area contributed by atoms with Crippen LogP contribution in [0.15, 0.2) is 42.5 Å². The third-order valence-electron chi connectivity index (χ3n) is 3.22. The standard InChI is InChI=1S/C16H13FN2O5/c17-13-5-1-10(2-6-13)7-15(20)24-9-12-4-3-11(16(18)21)8-14(12)19(22)23/h1-6,8H,7,9H2,(H2,18,21). The molecule has 7 nitrogen and oxygen atoms in total. The Morgan fingerprint density at radius 2 is 1.83 bits per heavy atom. The van der Waals surface area contributed by atoms with Gasteiger partial charge in [0.1, 0.15) is 12.4 Å². The van der Waals surface area contributed by atoms with E-state index in [1.807, 2.05) is 0 Å². The highest BCUT2D eigenvalue weighted by Crippen LogP contribution is 2.21. The molecule has 0 bridgehead atoms. The molecule has 0 fully saturated rings. The summed E-state index contributed by atoms with van der Waals surface area (Å²) in [4.78, 5) is 33.2. The quantitative estimate of drug-likeness (QED) is 0.494. The number of nitrogens with two attached hydrogens (primary N) is 1. The summed E-state index contributed by atoms with van der Waals surface area (Å²) < 4.78 is 17.8. The van der Waals surface area contributed by atoms with Crippen LogP contribution in [-0.4, -0.2) is 16.8 Å². The Kier molecular flexibility index (Phi) is 5.20. The number of amides is 1. The summed E-state index contributed by atoms with van der Waals surface area (Å²) in [6, 6.07) is 8.99. The van der Waals surface area contributed by atoms with E-state index in [0.717, 1.165) is 6.07 Å². The molecule has 0 aliphatic carbocycles. The summed E-state index contributed by atoms with van der Waals surface area (Å²) in [5.74, 6) is -1.83. The molecule has 0 aliphatic heterocycles. The second kappa shape index (κ2) is 7.32. The van der Waals surface area contributed by atoms with Gasteiger partial charge in [0.25, 0.3) is 5.69 Å². The van der Waals surface area contributed by atoms with Crippen LogP contribution in [0.5, 0.6) is 0 Å². The topological polar surface area (TPSA) is 113 Å². The fraction of sp³-hybridized carbons (Fsp3) is 0.125. The maximum Gasteiger partial charge on any atom is 0.310 e. The summed E-state index contributed by atoms with van der Waals surface area (Å²) in [5, 5.41) is 11.0. The van der Waals surface area contributed by atoms with Gasteiger partial charge in [-0.3, -0.25) is 19.7 Å². The lowest BCUT2D eigenvalue weighted by Gasteiger charge is -2.07. The number of nitrogens with zero attached hydrogens (tertiary/aromatic N) is 1. The van der Waals surface area contributed by atoms with Gasteiger partial charge < -0.3 is 10.5 Å². The predicted octanol–water partition coefficient (Wildman–Crippen LogP) is 2.12. The highest BCUT2D eigenvalue weighted by molar-refractivity contribution is 5.93. The minimum absolute atomic E-state index is 0.0110. The van der Waals surface area contributed by atoms with Gasteiger partial charge in [-0.2, -0.15) is 0 Å². The lowest BCUT2D eigenvalue weighted by atomic mass is 10.1. The molecule has 0 saturated heterocycles. The molecule has 0 aliphatic rings. The van der Waals surface area contributed by atoms with Gasteiger partial charge in [-0.15, -0.1) is 0 Å². The monoisotopic (exact) mass is 332 g/mol. The van der Waals surface area contributed by atoms with Gasteiger partial charge >= 0.3 is 5.97 Å². The minimum Gasteiger partial charge on any atom is -0.460 e. The predicted molar refractivity (Wildman–Crippen MR) is 81.5 cm³/mol. The molecule has 0 unspecified atom stereocenters. The second-order valence-electron chi connectivity index (χ2n) is 4.93. The first kappa shape index (κ1) is 17.1. The summed E-state index contributed by atoms with van der Waals surface area (Å²) >= 11 is 0. The first-order valence-electron chi connectivity index (χ1n) is 6.84. The van der Waals surface area contributed by atoms with E-state index in [1.165, 1.54) is 36.4 Å². The van der Waals surface area contributed by atoms with Crippen LogP contribution in [0.1, 0.15) is 21.5 Å². The number of nitro benzene ring substituents is 1. The molecule has 2 aromatic carbocycles. The SMILES string of the molecule is NC(=O)c1ccc(COC(=O)Cc2ccc(F)cc2)c([N+](=O)[O-])c1. The van der Waals surface area contributed by atoms with E-state index in [9.17, 15) is 24.1 Å². The molecule has 1 amide bonds. The number of carbonyl (C=O) groups excluding carboxylic acids is 2. The molecular formula is C16H13FN2O5. The molecule has 0 atom stereocenters. The Bertz CT molecular complexity index is 790. The van der Waals surface area contributed by atoms with Gasteiger partial charge in [0, 0.05) is 11.6 Å². The van der Waals surface area contributed by atoms with Crippen molar-refractivity contribution in [3.63, 3.8) is 0 Å². The smallest absolute Gasteiger partial charge is 0.310 e. The van der Waals surface area contributed by atoms with Gasteiger partial charge in [-0.1, -0.05) is 12.1 Å². The number of hydrogen-bond donors (Lipinski definition) is 1. The van der Waals surface area contributed by atoms with Gasteiger partial charge in [0.2, 0.25) is 5.91 Å². The number of primary amides is 1. The molecule has 0 heterocycles. The zero-order valence-corrected chi connectivity index (χ0v) is 12.4. The van der Waals surface area contributed by atoms with Crippen LogP contribution in [0, 0.1) is 15.9 Å². The number of halogens is 1. The summed E-state index contributed by atoms with van der Waals surface area (Å²) in [6.07, 6.45) is -0.0898. The average Bonchev–Trinajstić information content (AvgIpc) is 2.54. The Labute approximate surface area is 136 Å². The van der Waals surface area contributed by atoms with Crippen LogP contribution in [0.3, 0.4) is 0 Å². The van der Waals surface area contributed by atoms with E-state index in [1.54, 1.807) is 0 Å². The van der Waals surface area contributed by atoms with Crippen molar-refractivity contribution in [2.24, 2.45) is 5.73 Å². The Hall–Kier alpha value is -3.29.